The van der Waals surface area contributed by atoms with E-state index >= 15 is 0 Å². The molecule has 0 saturated heterocycles. The Bertz CT molecular complexity index is 447. The van der Waals surface area contributed by atoms with E-state index in [4.69, 9.17) is 4.74 Å². The van der Waals surface area contributed by atoms with Crippen molar-refractivity contribution in [3.63, 3.8) is 0 Å². The molecule has 0 unspecified atom stereocenters. The summed E-state index contributed by atoms with van der Waals surface area (Å²) in [6.45, 7) is 7.82. The summed E-state index contributed by atoms with van der Waals surface area (Å²) in [5.41, 5.74) is -0.405. The van der Waals surface area contributed by atoms with Gasteiger partial charge in [0.2, 0.25) is 0 Å². The quantitative estimate of drug-likeness (QED) is 0.139. The predicted octanol–water partition coefficient (Wildman–Crippen LogP) is 7.47. The highest BCUT2D eigenvalue weighted by atomic mass is 16.6. The van der Waals surface area contributed by atoms with Crippen molar-refractivity contribution in [2.45, 2.75) is 97.5 Å². The summed E-state index contributed by atoms with van der Waals surface area (Å²) in [7, 11) is 0. The Balaban J connectivity index is 3.42. The summed E-state index contributed by atoms with van der Waals surface area (Å²) in [6.07, 6.45) is 28.5. The normalized spacial score (nSPS) is 12.9. The fourth-order valence-electron chi connectivity index (χ4n) is 2.40. The minimum Gasteiger partial charge on any atom is -0.457 e. The SMILES string of the molecule is CCC=CCC=CCC=CCCCCCCCC=CC(=O)OC(C)(C)C. The van der Waals surface area contributed by atoms with Crippen LogP contribution in [0.4, 0.5) is 0 Å². The average Bonchev–Trinajstić information content (AvgIpc) is 2.56. The molecule has 0 aliphatic heterocycles. The van der Waals surface area contributed by atoms with Crippen LogP contribution in [0.2, 0.25) is 0 Å². The average molecular weight is 361 g/mol. The molecule has 0 saturated carbocycles. The molecule has 2 heteroatoms. The fraction of sp³-hybridized carbons (Fsp3) is 0.625. The second kappa shape index (κ2) is 16.9. The highest BCUT2D eigenvalue weighted by Crippen LogP contribution is 2.10. The molecule has 0 fully saturated rings. The molecule has 0 bridgehead atoms. The molecule has 0 aliphatic rings. The molecule has 0 N–H and O–H groups in total. The standard InChI is InChI=1S/C24H40O2/c1-5-6-7-8-9-10-11-12-13-14-15-16-17-18-19-20-21-22-23(25)26-24(2,3)4/h6-7,9-10,12-13,21-22H,5,8,11,14-20H2,1-4H3. The van der Waals surface area contributed by atoms with Gasteiger partial charge in [0, 0.05) is 6.08 Å². The molecule has 148 valence electrons. The maximum atomic E-state index is 11.5. The number of esters is 1. The van der Waals surface area contributed by atoms with E-state index in [1.165, 1.54) is 32.1 Å². The Morgan fingerprint density at radius 3 is 1.81 bits per heavy atom. The Morgan fingerprint density at radius 2 is 1.23 bits per heavy atom. The van der Waals surface area contributed by atoms with Crippen molar-refractivity contribution in [2.24, 2.45) is 0 Å². The van der Waals surface area contributed by atoms with Crippen molar-refractivity contribution in [1.82, 2.24) is 0 Å². The van der Waals surface area contributed by atoms with Crippen LogP contribution in [0, 0.1) is 0 Å². The van der Waals surface area contributed by atoms with Gasteiger partial charge in [-0.05, 0) is 65.7 Å². The highest BCUT2D eigenvalue weighted by Gasteiger charge is 2.13. The van der Waals surface area contributed by atoms with Crippen molar-refractivity contribution in [2.75, 3.05) is 0 Å². The predicted molar refractivity (Wildman–Crippen MR) is 114 cm³/mol. The molecule has 0 aliphatic carbocycles. The number of hydrogen-bond donors (Lipinski definition) is 0. The van der Waals surface area contributed by atoms with Gasteiger partial charge in [0.25, 0.3) is 0 Å². The van der Waals surface area contributed by atoms with Crippen LogP contribution in [-0.4, -0.2) is 11.6 Å². The van der Waals surface area contributed by atoms with Crippen molar-refractivity contribution in [3.05, 3.63) is 48.6 Å². The zero-order valence-corrected chi connectivity index (χ0v) is 17.5. The monoisotopic (exact) mass is 360 g/mol. The summed E-state index contributed by atoms with van der Waals surface area (Å²) in [4.78, 5) is 11.5. The van der Waals surface area contributed by atoms with E-state index in [1.807, 2.05) is 26.8 Å². The first-order valence-electron chi connectivity index (χ1n) is 10.3. The molecule has 0 aromatic rings. The lowest BCUT2D eigenvalue weighted by atomic mass is 10.1. The molecule has 2 nitrogen and oxygen atoms in total. The first kappa shape index (κ1) is 24.4. The number of carbonyl (C=O) groups is 1. The number of allylic oxidation sites excluding steroid dienone is 7. The van der Waals surface area contributed by atoms with Crippen LogP contribution in [0.5, 0.6) is 0 Å². The first-order chi connectivity index (χ1) is 12.5. The van der Waals surface area contributed by atoms with E-state index in [1.54, 1.807) is 6.08 Å². The molecule has 0 rings (SSSR count). The zero-order valence-electron chi connectivity index (χ0n) is 17.5. The molecule has 0 spiro atoms. The Labute approximate surface area is 162 Å². The van der Waals surface area contributed by atoms with Crippen LogP contribution in [0.3, 0.4) is 0 Å². The van der Waals surface area contributed by atoms with E-state index in [2.05, 4.69) is 43.4 Å². The molecule has 26 heavy (non-hydrogen) atoms. The van der Waals surface area contributed by atoms with Gasteiger partial charge in [-0.25, -0.2) is 4.79 Å². The first-order valence-corrected chi connectivity index (χ1v) is 10.3. The largest absolute Gasteiger partial charge is 0.457 e. The van der Waals surface area contributed by atoms with Gasteiger partial charge in [-0.2, -0.15) is 0 Å². The van der Waals surface area contributed by atoms with E-state index in [0.29, 0.717) is 0 Å². The summed E-state index contributed by atoms with van der Waals surface area (Å²) < 4.78 is 5.23. The van der Waals surface area contributed by atoms with Gasteiger partial charge in [0.1, 0.15) is 5.60 Å². The molecule has 0 radical (unpaired) electrons. The smallest absolute Gasteiger partial charge is 0.330 e. The summed E-state index contributed by atoms with van der Waals surface area (Å²) in [5.74, 6) is -0.239. The molecular formula is C24H40O2. The third-order valence-electron chi connectivity index (χ3n) is 3.68. The highest BCUT2D eigenvalue weighted by molar-refractivity contribution is 5.82. The minimum atomic E-state index is -0.405. The number of unbranched alkanes of at least 4 members (excludes halogenated alkanes) is 6. The van der Waals surface area contributed by atoms with E-state index in [-0.39, 0.29) is 5.97 Å². The van der Waals surface area contributed by atoms with Crippen LogP contribution >= 0.6 is 0 Å². The Kier molecular flexibility index (Phi) is 15.9. The van der Waals surface area contributed by atoms with Crippen molar-refractivity contribution in [3.8, 4) is 0 Å². The zero-order chi connectivity index (χ0) is 19.5. The van der Waals surface area contributed by atoms with Crippen LogP contribution in [-0.2, 0) is 9.53 Å². The van der Waals surface area contributed by atoms with Gasteiger partial charge < -0.3 is 4.74 Å². The van der Waals surface area contributed by atoms with Crippen LogP contribution in [0.1, 0.15) is 91.9 Å². The van der Waals surface area contributed by atoms with Gasteiger partial charge in [-0.1, -0.05) is 68.7 Å². The van der Waals surface area contributed by atoms with Crippen molar-refractivity contribution >= 4 is 5.97 Å². The van der Waals surface area contributed by atoms with E-state index in [9.17, 15) is 4.79 Å². The molecule has 0 amide bonds. The van der Waals surface area contributed by atoms with Gasteiger partial charge in [-0.3, -0.25) is 0 Å². The number of hydrogen-bond acceptors (Lipinski definition) is 2. The van der Waals surface area contributed by atoms with Crippen LogP contribution < -0.4 is 0 Å². The van der Waals surface area contributed by atoms with Crippen molar-refractivity contribution in [1.29, 1.82) is 0 Å². The maximum absolute atomic E-state index is 11.5. The van der Waals surface area contributed by atoms with Gasteiger partial charge in [0.05, 0.1) is 0 Å². The Hall–Kier alpha value is -1.57. The number of rotatable bonds is 14. The van der Waals surface area contributed by atoms with Gasteiger partial charge >= 0.3 is 5.97 Å². The lowest BCUT2D eigenvalue weighted by Crippen LogP contribution is -2.22. The number of ether oxygens (including phenoxy) is 1. The van der Waals surface area contributed by atoms with Crippen LogP contribution in [0.15, 0.2) is 48.6 Å². The van der Waals surface area contributed by atoms with Gasteiger partial charge in [-0.15, -0.1) is 0 Å². The molecular weight excluding hydrogens is 320 g/mol. The molecule has 0 atom stereocenters. The van der Waals surface area contributed by atoms with E-state index in [0.717, 1.165) is 32.1 Å². The molecule has 0 aromatic heterocycles. The third kappa shape index (κ3) is 20.5. The van der Waals surface area contributed by atoms with Crippen LogP contribution in [0.25, 0.3) is 0 Å². The molecule has 0 heterocycles. The topological polar surface area (TPSA) is 26.3 Å². The lowest BCUT2D eigenvalue weighted by Gasteiger charge is -2.17. The Morgan fingerprint density at radius 1 is 0.731 bits per heavy atom. The minimum absolute atomic E-state index is 0.239. The second-order valence-electron chi connectivity index (χ2n) is 7.57. The fourth-order valence-corrected chi connectivity index (χ4v) is 2.40. The summed E-state index contributed by atoms with van der Waals surface area (Å²) >= 11 is 0. The second-order valence-corrected chi connectivity index (χ2v) is 7.57. The third-order valence-corrected chi connectivity index (χ3v) is 3.68. The van der Waals surface area contributed by atoms with Crippen molar-refractivity contribution < 1.29 is 9.53 Å². The number of carbonyl (C=O) groups excluding carboxylic acids is 1. The van der Waals surface area contributed by atoms with Gasteiger partial charge in [0.15, 0.2) is 0 Å². The molecule has 0 aromatic carbocycles. The summed E-state index contributed by atoms with van der Waals surface area (Å²) in [6, 6.07) is 0. The lowest BCUT2D eigenvalue weighted by molar-refractivity contribution is -0.148. The van der Waals surface area contributed by atoms with E-state index < -0.39 is 5.60 Å². The summed E-state index contributed by atoms with van der Waals surface area (Å²) in [5, 5.41) is 0. The maximum Gasteiger partial charge on any atom is 0.330 e.